The highest BCUT2D eigenvalue weighted by Crippen LogP contribution is 2.33. The Bertz CT molecular complexity index is 863. The van der Waals surface area contributed by atoms with Crippen molar-refractivity contribution in [2.45, 2.75) is 5.92 Å². The van der Waals surface area contributed by atoms with Crippen LogP contribution in [0.2, 0.25) is 0 Å². The van der Waals surface area contributed by atoms with Gasteiger partial charge in [-0.1, -0.05) is 36.4 Å². The zero-order chi connectivity index (χ0) is 19.6. The van der Waals surface area contributed by atoms with E-state index in [4.69, 9.17) is 0 Å². The Morgan fingerprint density at radius 2 is 1.63 bits per heavy atom. The molecule has 6 heteroatoms. The zero-order valence-corrected chi connectivity index (χ0v) is 15.3. The van der Waals surface area contributed by atoms with Gasteiger partial charge in [0.2, 0.25) is 0 Å². The second-order valence-corrected chi connectivity index (χ2v) is 6.95. The van der Waals surface area contributed by atoms with Crippen LogP contribution in [0.25, 0.3) is 0 Å². The third kappa shape index (κ3) is 3.84. The monoisotopic (exact) mass is 366 g/mol. The molecule has 1 heterocycles. The molecule has 1 aliphatic heterocycles. The predicted octanol–water partition coefficient (Wildman–Crippen LogP) is 2.33. The van der Waals surface area contributed by atoms with Crippen LogP contribution in [-0.4, -0.2) is 59.9 Å². The van der Waals surface area contributed by atoms with E-state index in [2.05, 4.69) is 0 Å². The molecule has 2 aromatic rings. The Morgan fingerprint density at radius 1 is 0.963 bits per heavy atom. The van der Waals surface area contributed by atoms with Crippen molar-refractivity contribution in [1.82, 2.24) is 9.80 Å². The minimum absolute atomic E-state index is 0.152. The lowest BCUT2D eigenvalue weighted by Gasteiger charge is -2.17. The summed E-state index contributed by atoms with van der Waals surface area (Å²) >= 11 is 0. The number of carbonyl (C=O) groups is 3. The molecular weight excluding hydrogens is 344 g/mol. The summed E-state index contributed by atoms with van der Waals surface area (Å²) in [5.74, 6) is -2.25. The molecule has 2 amide bonds. The van der Waals surface area contributed by atoms with E-state index in [0.29, 0.717) is 17.7 Å². The van der Waals surface area contributed by atoms with Gasteiger partial charge in [-0.25, -0.2) is 0 Å². The highest BCUT2D eigenvalue weighted by atomic mass is 16.4. The van der Waals surface area contributed by atoms with Crippen molar-refractivity contribution in [2.24, 2.45) is 5.92 Å². The number of amides is 2. The molecule has 6 nitrogen and oxygen atoms in total. The SMILES string of the molecule is CN(C)C(=O)c1cccc(C(=O)N2C[C@H](C(=O)O)[C@H](c3ccccc3)C2)c1. The van der Waals surface area contributed by atoms with Crippen LogP contribution in [0.5, 0.6) is 0 Å². The quantitative estimate of drug-likeness (QED) is 0.901. The van der Waals surface area contributed by atoms with Crippen LogP contribution < -0.4 is 0 Å². The first-order valence-electron chi connectivity index (χ1n) is 8.77. The normalized spacial score (nSPS) is 19.0. The molecule has 3 rings (SSSR count). The van der Waals surface area contributed by atoms with Gasteiger partial charge in [0.05, 0.1) is 5.92 Å². The molecule has 0 unspecified atom stereocenters. The molecule has 0 bridgehead atoms. The van der Waals surface area contributed by atoms with Crippen LogP contribution in [0, 0.1) is 5.92 Å². The van der Waals surface area contributed by atoms with Gasteiger partial charge in [0, 0.05) is 44.2 Å². The number of hydrogen-bond donors (Lipinski definition) is 1. The van der Waals surface area contributed by atoms with Crippen LogP contribution in [0.4, 0.5) is 0 Å². The summed E-state index contributed by atoms with van der Waals surface area (Å²) in [4.78, 5) is 39.8. The van der Waals surface area contributed by atoms with Crippen molar-refractivity contribution in [1.29, 1.82) is 0 Å². The predicted molar refractivity (Wildman–Crippen MR) is 101 cm³/mol. The highest BCUT2D eigenvalue weighted by molar-refractivity contribution is 5.99. The molecule has 1 fully saturated rings. The molecule has 140 valence electrons. The largest absolute Gasteiger partial charge is 0.481 e. The average Bonchev–Trinajstić information content (AvgIpc) is 3.13. The Morgan fingerprint density at radius 3 is 2.26 bits per heavy atom. The van der Waals surface area contributed by atoms with Crippen molar-refractivity contribution >= 4 is 17.8 Å². The van der Waals surface area contributed by atoms with E-state index in [9.17, 15) is 19.5 Å². The van der Waals surface area contributed by atoms with E-state index in [1.165, 1.54) is 4.90 Å². The Kier molecular flexibility index (Phi) is 5.26. The minimum atomic E-state index is -0.907. The molecule has 1 N–H and O–H groups in total. The van der Waals surface area contributed by atoms with E-state index in [1.807, 2.05) is 30.3 Å². The fourth-order valence-corrected chi connectivity index (χ4v) is 3.48. The highest BCUT2D eigenvalue weighted by Gasteiger charge is 2.40. The molecule has 0 spiro atoms. The van der Waals surface area contributed by atoms with Gasteiger partial charge in [-0.2, -0.15) is 0 Å². The number of likely N-dealkylation sites (tertiary alicyclic amines) is 1. The van der Waals surface area contributed by atoms with Gasteiger partial charge in [-0.05, 0) is 23.8 Å². The van der Waals surface area contributed by atoms with E-state index < -0.39 is 11.9 Å². The first-order chi connectivity index (χ1) is 12.9. The summed E-state index contributed by atoms with van der Waals surface area (Å²) in [5, 5.41) is 9.60. The lowest BCUT2D eigenvalue weighted by Crippen LogP contribution is -2.30. The standard InChI is InChI=1S/C21H22N2O4/c1-22(2)19(24)15-9-6-10-16(11-15)20(25)23-12-17(18(13-23)21(26)27)14-7-4-3-5-8-14/h3-11,17-18H,12-13H2,1-2H3,(H,26,27)/t17-,18-/m0/s1. The minimum Gasteiger partial charge on any atom is -0.481 e. The number of benzene rings is 2. The number of rotatable bonds is 4. The van der Waals surface area contributed by atoms with Gasteiger partial charge < -0.3 is 14.9 Å². The Balaban J connectivity index is 1.85. The second kappa shape index (κ2) is 7.61. The maximum absolute atomic E-state index is 12.9. The lowest BCUT2D eigenvalue weighted by molar-refractivity contribution is -0.141. The topological polar surface area (TPSA) is 77.9 Å². The van der Waals surface area contributed by atoms with Gasteiger partial charge in [-0.3, -0.25) is 14.4 Å². The summed E-state index contributed by atoms with van der Waals surface area (Å²) in [6, 6.07) is 16.0. The Hall–Kier alpha value is -3.15. The van der Waals surface area contributed by atoms with Crippen LogP contribution in [0.1, 0.15) is 32.2 Å². The summed E-state index contributed by atoms with van der Waals surface area (Å²) in [6.45, 7) is 0.491. The van der Waals surface area contributed by atoms with Crippen molar-refractivity contribution in [3.05, 3.63) is 71.3 Å². The molecule has 0 saturated carbocycles. The Labute approximate surface area is 158 Å². The number of hydrogen-bond acceptors (Lipinski definition) is 3. The first kappa shape index (κ1) is 18.6. The smallest absolute Gasteiger partial charge is 0.308 e. The molecule has 2 atom stereocenters. The van der Waals surface area contributed by atoms with E-state index in [-0.39, 0.29) is 24.3 Å². The fraction of sp³-hybridized carbons (Fsp3) is 0.286. The third-order valence-corrected chi connectivity index (χ3v) is 4.91. The fourth-order valence-electron chi connectivity index (χ4n) is 3.48. The summed E-state index contributed by atoms with van der Waals surface area (Å²) in [6.07, 6.45) is 0. The lowest BCUT2D eigenvalue weighted by atomic mass is 9.89. The molecule has 0 aromatic heterocycles. The van der Waals surface area contributed by atoms with Crippen molar-refractivity contribution in [2.75, 3.05) is 27.2 Å². The van der Waals surface area contributed by atoms with Gasteiger partial charge >= 0.3 is 5.97 Å². The van der Waals surface area contributed by atoms with Crippen LogP contribution in [0.15, 0.2) is 54.6 Å². The van der Waals surface area contributed by atoms with Crippen molar-refractivity contribution in [3.63, 3.8) is 0 Å². The number of nitrogens with zero attached hydrogens (tertiary/aromatic N) is 2. The molecule has 0 radical (unpaired) electrons. The first-order valence-corrected chi connectivity index (χ1v) is 8.77. The molecule has 0 aliphatic carbocycles. The zero-order valence-electron chi connectivity index (χ0n) is 15.3. The number of carboxylic acids is 1. The molecule has 27 heavy (non-hydrogen) atoms. The van der Waals surface area contributed by atoms with Crippen LogP contribution in [0.3, 0.4) is 0 Å². The van der Waals surface area contributed by atoms with E-state index >= 15 is 0 Å². The van der Waals surface area contributed by atoms with Crippen LogP contribution >= 0.6 is 0 Å². The molecular formula is C21H22N2O4. The second-order valence-electron chi connectivity index (χ2n) is 6.95. The van der Waals surface area contributed by atoms with Crippen molar-refractivity contribution < 1.29 is 19.5 Å². The summed E-state index contributed by atoms with van der Waals surface area (Å²) in [7, 11) is 3.30. The number of aliphatic carboxylic acids is 1. The van der Waals surface area contributed by atoms with Crippen molar-refractivity contribution in [3.8, 4) is 0 Å². The maximum atomic E-state index is 12.9. The van der Waals surface area contributed by atoms with Gasteiger partial charge in [0.1, 0.15) is 0 Å². The maximum Gasteiger partial charge on any atom is 0.308 e. The third-order valence-electron chi connectivity index (χ3n) is 4.91. The average molecular weight is 366 g/mol. The van der Waals surface area contributed by atoms with E-state index in [1.54, 1.807) is 43.3 Å². The number of carbonyl (C=O) groups excluding carboxylic acids is 2. The summed E-state index contributed by atoms with van der Waals surface area (Å²) in [5.41, 5.74) is 1.73. The summed E-state index contributed by atoms with van der Waals surface area (Å²) < 4.78 is 0. The number of carboxylic acid groups (broad SMARTS) is 1. The van der Waals surface area contributed by atoms with Crippen LogP contribution in [-0.2, 0) is 4.79 Å². The molecule has 2 aromatic carbocycles. The molecule has 1 aliphatic rings. The molecule has 1 saturated heterocycles. The van der Waals surface area contributed by atoms with Gasteiger partial charge in [-0.15, -0.1) is 0 Å². The van der Waals surface area contributed by atoms with Gasteiger partial charge in [0.15, 0.2) is 0 Å². The van der Waals surface area contributed by atoms with Gasteiger partial charge in [0.25, 0.3) is 11.8 Å². The van der Waals surface area contributed by atoms with E-state index in [0.717, 1.165) is 5.56 Å².